The van der Waals surface area contributed by atoms with Crippen molar-refractivity contribution in [1.29, 1.82) is 0 Å². The summed E-state index contributed by atoms with van der Waals surface area (Å²) in [5.41, 5.74) is -1.59. The lowest BCUT2D eigenvalue weighted by atomic mass is 9.89. The summed E-state index contributed by atoms with van der Waals surface area (Å²) >= 11 is 0. The van der Waals surface area contributed by atoms with Crippen molar-refractivity contribution >= 4 is 12.1 Å². The molecule has 1 unspecified atom stereocenters. The maximum absolute atomic E-state index is 11.0. The molecule has 0 saturated carbocycles. The van der Waals surface area contributed by atoms with E-state index in [0.29, 0.717) is 12.5 Å². The monoisotopic (exact) mass is 168 g/mol. The predicted molar refractivity (Wildman–Crippen MR) is 40.5 cm³/mol. The SMILES string of the molecule is O=CC1(O)C=CC(=CO)C(=O)C1. The lowest BCUT2D eigenvalue weighted by Crippen LogP contribution is -2.34. The molecule has 0 saturated heterocycles. The summed E-state index contributed by atoms with van der Waals surface area (Å²) in [5.74, 6) is -0.449. The average molecular weight is 168 g/mol. The number of carbonyl (C=O) groups is 2. The molecule has 1 rings (SSSR count). The molecular weight excluding hydrogens is 160 g/mol. The summed E-state index contributed by atoms with van der Waals surface area (Å²) in [5, 5.41) is 17.8. The van der Waals surface area contributed by atoms with Crippen LogP contribution >= 0.6 is 0 Å². The molecule has 0 aromatic carbocycles. The first kappa shape index (κ1) is 8.67. The van der Waals surface area contributed by atoms with Crippen molar-refractivity contribution in [1.82, 2.24) is 0 Å². The Bertz CT molecular complexity index is 277. The van der Waals surface area contributed by atoms with Gasteiger partial charge in [-0.25, -0.2) is 0 Å². The normalized spacial score (nSPS) is 32.4. The first-order valence-electron chi connectivity index (χ1n) is 3.37. The van der Waals surface area contributed by atoms with Crippen LogP contribution in [0.5, 0.6) is 0 Å². The Kier molecular flexibility index (Phi) is 2.10. The second kappa shape index (κ2) is 2.91. The molecule has 1 aliphatic carbocycles. The molecule has 12 heavy (non-hydrogen) atoms. The van der Waals surface area contributed by atoms with Crippen LogP contribution in [0.25, 0.3) is 0 Å². The fourth-order valence-corrected chi connectivity index (χ4v) is 0.941. The molecule has 0 amide bonds. The Morgan fingerprint density at radius 3 is 2.67 bits per heavy atom. The number of hydrogen-bond acceptors (Lipinski definition) is 4. The maximum Gasteiger partial charge on any atom is 0.169 e. The lowest BCUT2D eigenvalue weighted by molar-refractivity contribution is -0.128. The summed E-state index contributed by atoms with van der Waals surface area (Å²) in [6, 6.07) is 0. The molecule has 4 nitrogen and oxygen atoms in total. The van der Waals surface area contributed by atoms with Crippen molar-refractivity contribution in [2.75, 3.05) is 0 Å². The molecule has 4 heteroatoms. The lowest BCUT2D eigenvalue weighted by Gasteiger charge is -2.20. The zero-order valence-corrected chi connectivity index (χ0v) is 6.23. The molecule has 0 aromatic rings. The fraction of sp³-hybridized carbons (Fsp3) is 0.250. The minimum atomic E-state index is -1.69. The number of rotatable bonds is 1. The Labute approximate surface area is 68.8 Å². The van der Waals surface area contributed by atoms with Crippen LogP contribution in [0.2, 0.25) is 0 Å². The number of aldehydes is 1. The van der Waals surface area contributed by atoms with Gasteiger partial charge in [0.25, 0.3) is 0 Å². The molecule has 1 aliphatic rings. The van der Waals surface area contributed by atoms with E-state index in [-0.39, 0.29) is 12.0 Å². The van der Waals surface area contributed by atoms with Crippen molar-refractivity contribution < 1.29 is 19.8 Å². The van der Waals surface area contributed by atoms with Gasteiger partial charge in [-0.05, 0) is 12.2 Å². The number of allylic oxidation sites excluding steroid dienone is 2. The van der Waals surface area contributed by atoms with E-state index >= 15 is 0 Å². The van der Waals surface area contributed by atoms with Gasteiger partial charge >= 0.3 is 0 Å². The highest BCUT2D eigenvalue weighted by Gasteiger charge is 2.31. The molecule has 0 spiro atoms. The van der Waals surface area contributed by atoms with E-state index in [9.17, 15) is 14.7 Å². The van der Waals surface area contributed by atoms with E-state index in [2.05, 4.69) is 0 Å². The molecule has 64 valence electrons. The number of hydrogen-bond donors (Lipinski definition) is 2. The molecule has 0 radical (unpaired) electrons. The molecule has 0 heterocycles. The number of ketones is 1. The predicted octanol–water partition coefficient (Wildman–Crippen LogP) is -0.113. The second-order valence-corrected chi connectivity index (χ2v) is 2.63. The first-order chi connectivity index (χ1) is 5.61. The number of carbonyl (C=O) groups excluding carboxylic acids is 2. The van der Waals surface area contributed by atoms with Gasteiger partial charge in [-0.15, -0.1) is 0 Å². The highest BCUT2D eigenvalue weighted by atomic mass is 16.3. The van der Waals surface area contributed by atoms with Crippen LogP contribution in [-0.4, -0.2) is 27.9 Å². The van der Waals surface area contributed by atoms with Crippen LogP contribution in [0.3, 0.4) is 0 Å². The smallest absolute Gasteiger partial charge is 0.169 e. The number of aliphatic hydroxyl groups is 2. The molecule has 2 N–H and O–H groups in total. The van der Waals surface area contributed by atoms with Gasteiger partial charge in [0.1, 0.15) is 5.60 Å². The van der Waals surface area contributed by atoms with E-state index in [1.165, 1.54) is 12.2 Å². The number of Topliss-reactive ketones (excluding diaryl/α,β-unsaturated/α-hetero) is 1. The first-order valence-corrected chi connectivity index (χ1v) is 3.37. The third kappa shape index (κ3) is 1.43. The fourth-order valence-electron chi connectivity index (χ4n) is 0.941. The van der Waals surface area contributed by atoms with Gasteiger partial charge in [0.15, 0.2) is 12.1 Å². The molecule has 0 aliphatic heterocycles. The van der Waals surface area contributed by atoms with Gasteiger partial charge in [-0.2, -0.15) is 0 Å². The van der Waals surface area contributed by atoms with Gasteiger partial charge in [0, 0.05) is 0 Å². The van der Waals surface area contributed by atoms with Crippen molar-refractivity contribution in [2.45, 2.75) is 12.0 Å². The van der Waals surface area contributed by atoms with Gasteiger partial charge in [-0.3, -0.25) is 9.59 Å². The number of aliphatic hydroxyl groups excluding tert-OH is 1. The summed E-state index contributed by atoms with van der Waals surface area (Å²) in [6.45, 7) is 0. The Hall–Kier alpha value is -1.42. The molecule has 0 aromatic heterocycles. The second-order valence-electron chi connectivity index (χ2n) is 2.63. The van der Waals surface area contributed by atoms with E-state index in [0.717, 1.165) is 0 Å². The van der Waals surface area contributed by atoms with E-state index < -0.39 is 11.4 Å². The zero-order valence-electron chi connectivity index (χ0n) is 6.23. The van der Waals surface area contributed by atoms with Gasteiger partial charge in [0.05, 0.1) is 18.3 Å². The summed E-state index contributed by atoms with van der Waals surface area (Å²) in [6.07, 6.45) is 3.06. The van der Waals surface area contributed by atoms with E-state index in [1.54, 1.807) is 0 Å². The Morgan fingerprint density at radius 2 is 2.25 bits per heavy atom. The maximum atomic E-state index is 11.0. The van der Waals surface area contributed by atoms with Crippen molar-refractivity contribution in [2.24, 2.45) is 0 Å². The van der Waals surface area contributed by atoms with Crippen LogP contribution in [0, 0.1) is 0 Å². The van der Waals surface area contributed by atoms with Crippen molar-refractivity contribution in [3.8, 4) is 0 Å². The van der Waals surface area contributed by atoms with Crippen LogP contribution in [0.4, 0.5) is 0 Å². The zero-order chi connectivity index (χ0) is 9.19. The third-order valence-corrected chi connectivity index (χ3v) is 1.66. The Balaban J connectivity index is 2.98. The van der Waals surface area contributed by atoms with Crippen LogP contribution in [-0.2, 0) is 9.59 Å². The summed E-state index contributed by atoms with van der Waals surface area (Å²) in [4.78, 5) is 21.3. The van der Waals surface area contributed by atoms with Crippen LogP contribution in [0.1, 0.15) is 6.42 Å². The quantitative estimate of drug-likeness (QED) is 0.325. The van der Waals surface area contributed by atoms with Gasteiger partial charge in [-0.1, -0.05) is 0 Å². The summed E-state index contributed by atoms with van der Waals surface area (Å²) < 4.78 is 0. The highest BCUT2D eigenvalue weighted by Crippen LogP contribution is 2.20. The Morgan fingerprint density at radius 1 is 1.58 bits per heavy atom. The minimum Gasteiger partial charge on any atom is -0.515 e. The van der Waals surface area contributed by atoms with Crippen LogP contribution in [0.15, 0.2) is 24.0 Å². The third-order valence-electron chi connectivity index (χ3n) is 1.66. The van der Waals surface area contributed by atoms with E-state index in [4.69, 9.17) is 5.11 Å². The van der Waals surface area contributed by atoms with Crippen LogP contribution < -0.4 is 0 Å². The molecule has 0 fully saturated rings. The standard InChI is InChI=1S/C8H8O4/c9-4-6-1-2-8(12,5-10)3-7(6)11/h1-2,4-5,9,12H,3H2. The van der Waals surface area contributed by atoms with Crippen molar-refractivity contribution in [3.63, 3.8) is 0 Å². The van der Waals surface area contributed by atoms with Gasteiger partial charge in [0.2, 0.25) is 0 Å². The average Bonchev–Trinajstić information content (AvgIpc) is 2.05. The summed E-state index contributed by atoms with van der Waals surface area (Å²) in [7, 11) is 0. The van der Waals surface area contributed by atoms with Crippen molar-refractivity contribution in [3.05, 3.63) is 24.0 Å². The highest BCUT2D eigenvalue weighted by molar-refractivity contribution is 6.02. The minimum absolute atomic E-state index is 0.0986. The molecule has 0 bridgehead atoms. The molecule has 1 atom stereocenters. The molecular formula is C8H8O4. The largest absolute Gasteiger partial charge is 0.515 e. The van der Waals surface area contributed by atoms with Gasteiger partial charge < -0.3 is 10.2 Å². The van der Waals surface area contributed by atoms with E-state index in [1.807, 2.05) is 0 Å². The topological polar surface area (TPSA) is 74.6 Å².